The molecule has 1 rings (SSSR count). The van der Waals surface area contributed by atoms with Gasteiger partial charge in [-0.05, 0) is 31.1 Å². The number of hydrogen-bond acceptors (Lipinski definition) is 2. The summed E-state index contributed by atoms with van der Waals surface area (Å²) in [5.74, 6) is 1.64. The van der Waals surface area contributed by atoms with Crippen molar-refractivity contribution in [3.63, 3.8) is 0 Å². The van der Waals surface area contributed by atoms with Crippen molar-refractivity contribution in [1.82, 2.24) is 4.90 Å². The van der Waals surface area contributed by atoms with Gasteiger partial charge in [0.25, 0.3) is 0 Å². The van der Waals surface area contributed by atoms with Gasteiger partial charge in [0.15, 0.2) is 0 Å². The van der Waals surface area contributed by atoms with Crippen molar-refractivity contribution in [3.8, 4) is 0 Å². The standard InChI is InChI=1S/C18H34N2/c1-16(2)9-7-5-6-8-10-18-15-20(14-12-19-18)13-11-17(3)4/h12,15-17H,5-11,13-14H2,1-4H3. The lowest BCUT2D eigenvalue weighted by Crippen LogP contribution is -2.24. The second-order valence-electron chi connectivity index (χ2n) is 6.96. The second kappa shape index (κ2) is 10.0. The van der Waals surface area contributed by atoms with Gasteiger partial charge in [-0.15, -0.1) is 0 Å². The van der Waals surface area contributed by atoms with Gasteiger partial charge in [0.1, 0.15) is 0 Å². The summed E-state index contributed by atoms with van der Waals surface area (Å²) in [5.41, 5.74) is 1.28. The summed E-state index contributed by atoms with van der Waals surface area (Å²) < 4.78 is 0. The third kappa shape index (κ3) is 8.39. The molecule has 0 N–H and O–H groups in total. The van der Waals surface area contributed by atoms with Crippen LogP contribution in [0.3, 0.4) is 0 Å². The molecule has 0 aromatic carbocycles. The van der Waals surface area contributed by atoms with Crippen molar-refractivity contribution in [2.75, 3.05) is 13.1 Å². The molecule has 0 amide bonds. The van der Waals surface area contributed by atoms with Crippen LogP contribution in [0.4, 0.5) is 0 Å². The van der Waals surface area contributed by atoms with E-state index in [9.17, 15) is 0 Å². The second-order valence-corrected chi connectivity index (χ2v) is 6.96. The van der Waals surface area contributed by atoms with E-state index in [4.69, 9.17) is 0 Å². The molecular weight excluding hydrogens is 244 g/mol. The lowest BCUT2D eigenvalue weighted by atomic mass is 10.0. The van der Waals surface area contributed by atoms with Gasteiger partial charge in [-0.25, -0.2) is 0 Å². The highest BCUT2D eigenvalue weighted by Gasteiger charge is 2.07. The summed E-state index contributed by atoms with van der Waals surface area (Å²) in [5, 5.41) is 0. The average Bonchev–Trinajstić information content (AvgIpc) is 2.40. The van der Waals surface area contributed by atoms with Gasteiger partial charge in [-0.2, -0.15) is 0 Å². The van der Waals surface area contributed by atoms with E-state index in [2.05, 4.69) is 50.0 Å². The van der Waals surface area contributed by atoms with Crippen LogP contribution in [0.5, 0.6) is 0 Å². The molecule has 0 radical (unpaired) electrons. The van der Waals surface area contributed by atoms with Crippen molar-refractivity contribution in [2.45, 2.75) is 72.6 Å². The lowest BCUT2D eigenvalue weighted by molar-refractivity contribution is 0.377. The van der Waals surface area contributed by atoms with Crippen molar-refractivity contribution in [3.05, 3.63) is 11.9 Å². The quantitative estimate of drug-likeness (QED) is 0.498. The fraction of sp³-hybridized carbons (Fsp3) is 0.833. The van der Waals surface area contributed by atoms with Gasteiger partial charge in [0.05, 0.1) is 12.2 Å². The summed E-state index contributed by atoms with van der Waals surface area (Å²) in [6.45, 7) is 11.4. The number of aliphatic imine (C=N–C) groups is 1. The zero-order chi connectivity index (χ0) is 14.8. The number of hydrogen-bond donors (Lipinski definition) is 0. The normalized spacial score (nSPS) is 15.3. The third-order valence-corrected chi connectivity index (χ3v) is 3.86. The molecule has 2 nitrogen and oxygen atoms in total. The zero-order valence-corrected chi connectivity index (χ0v) is 14.1. The maximum Gasteiger partial charge on any atom is 0.0558 e. The number of allylic oxidation sites excluding steroid dienone is 1. The minimum atomic E-state index is 0.784. The number of unbranched alkanes of at least 4 members (excludes halogenated alkanes) is 3. The Kier molecular flexibility index (Phi) is 8.64. The Morgan fingerprint density at radius 2 is 1.70 bits per heavy atom. The molecule has 0 bridgehead atoms. The first-order chi connectivity index (χ1) is 9.58. The Hall–Kier alpha value is -0.790. The first-order valence-corrected chi connectivity index (χ1v) is 8.55. The first-order valence-electron chi connectivity index (χ1n) is 8.55. The molecule has 1 aliphatic rings. The van der Waals surface area contributed by atoms with Crippen LogP contribution in [0.2, 0.25) is 0 Å². The monoisotopic (exact) mass is 278 g/mol. The van der Waals surface area contributed by atoms with Gasteiger partial charge in [-0.3, -0.25) is 4.99 Å². The molecule has 0 saturated heterocycles. The highest BCUT2D eigenvalue weighted by Crippen LogP contribution is 2.16. The van der Waals surface area contributed by atoms with Gasteiger partial charge in [0, 0.05) is 19.0 Å². The number of nitrogens with zero attached hydrogens (tertiary/aromatic N) is 2. The largest absolute Gasteiger partial charge is 0.371 e. The molecule has 0 saturated carbocycles. The summed E-state index contributed by atoms with van der Waals surface area (Å²) in [6.07, 6.45) is 13.6. The average molecular weight is 278 g/mol. The third-order valence-electron chi connectivity index (χ3n) is 3.86. The summed E-state index contributed by atoms with van der Waals surface area (Å²) in [4.78, 5) is 6.97. The zero-order valence-electron chi connectivity index (χ0n) is 14.1. The molecule has 20 heavy (non-hydrogen) atoms. The van der Waals surface area contributed by atoms with Gasteiger partial charge in [-0.1, -0.05) is 53.4 Å². The van der Waals surface area contributed by atoms with E-state index in [0.717, 1.165) is 24.8 Å². The molecule has 0 unspecified atom stereocenters. The minimum absolute atomic E-state index is 0.784. The molecule has 1 heterocycles. The van der Waals surface area contributed by atoms with Gasteiger partial charge < -0.3 is 4.90 Å². The van der Waals surface area contributed by atoms with Crippen LogP contribution in [0, 0.1) is 11.8 Å². The van der Waals surface area contributed by atoms with Crippen LogP contribution in [0.1, 0.15) is 72.6 Å². The molecule has 0 aromatic heterocycles. The maximum absolute atomic E-state index is 4.55. The molecule has 0 spiro atoms. The smallest absolute Gasteiger partial charge is 0.0558 e. The van der Waals surface area contributed by atoms with Crippen molar-refractivity contribution in [2.24, 2.45) is 16.8 Å². The Bertz CT molecular complexity index is 303. The summed E-state index contributed by atoms with van der Waals surface area (Å²) in [6, 6.07) is 0. The van der Waals surface area contributed by atoms with E-state index in [0.29, 0.717) is 0 Å². The first kappa shape index (κ1) is 17.3. The Balaban J connectivity index is 2.14. The topological polar surface area (TPSA) is 15.6 Å². The minimum Gasteiger partial charge on any atom is -0.371 e. The van der Waals surface area contributed by atoms with Gasteiger partial charge >= 0.3 is 0 Å². The van der Waals surface area contributed by atoms with E-state index in [1.807, 2.05) is 0 Å². The molecule has 0 fully saturated rings. The molecule has 0 aromatic rings. The maximum atomic E-state index is 4.55. The summed E-state index contributed by atoms with van der Waals surface area (Å²) in [7, 11) is 0. The molecule has 1 aliphatic heterocycles. The molecular formula is C18H34N2. The van der Waals surface area contributed by atoms with Crippen LogP contribution in [0.15, 0.2) is 16.9 Å². The summed E-state index contributed by atoms with van der Waals surface area (Å²) >= 11 is 0. The van der Waals surface area contributed by atoms with E-state index in [1.54, 1.807) is 0 Å². The van der Waals surface area contributed by atoms with Crippen molar-refractivity contribution < 1.29 is 0 Å². The van der Waals surface area contributed by atoms with Crippen molar-refractivity contribution in [1.29, 1.82) is 0 Å². The van der Waals surface area contributed by atoms with E-state index < -0.39 is 0 Å². The highest BCUT2D eigenvalue weighted by molar-refractivity contribution is 5.62. The molecule has 0 atom stereocenters. The van der Waals surface area contributed by atoms with E-state index >= 15 is 0 Å². The highest BCUT2D eigenvalue weighted by atomic mass is 15.1. The van der Waals surface area contributed by atoms with E-state index in [1.165, 1.54) is 50.8 Å². The number of rotatable bonds is 10. The van der Waals surface area contributed by atoms with Crippen LogP contribution < -0.4 is 0 Å². The van der Waals surface area contributed by atoms with Crippen LogP contribution in [0.25, 0.3) is 0 Å². The Morgan fingerprint density at radius 3 is 2.40 bits per heavy atom. The predicted octanol–water partition coefficient (Wildman–Crippen LogP) is 5.26. The van der Waals surface area contributed by atoms with Crippen LogP contribution in [-0.2, 0) is 0 Å². The molecule has 0 aliphatic carbocycles. The Labute approximate surface area is 126 Å². The Morgan fingerprint density at radius 1 is 1.00 bits per heavy atom. The fourth-order valence-corrected chi connectivity index (χ4v) is 2.48. The molecule has 116 valence electrons. The lowest BCUT2D eigenvalue weighted by Gasteiger charge is -2.23. The molecule has 2 heteroatoms. The van der Waals surface area contributed by atoms with Crippen LogP contribution in [-0.4, -0.2) is 24.2 Å². The predicted molar refractivity (Wildman–Crippen MR) is 90.1 cm³/mol. The van der Waals surface area contributed by atoms with Crippen molar-refractivity contribution >= 4 is 6.21 Å². The SMILES string of the molecule is CC(C)CCCCCCC1=CN(CCC(C)C)CC=N1. The van der Waals surface area contributed by atoms with E-state index in [-0.39, 0.29) is 0 Å². The van der Waals surface area contributed by atoms with Crippen LogP contribution >= 0.6 is 0 Å². The fourth-order valence-electron chi connectivity index (χ4n) is 2.48. The van der Waals surface area contributed by atoms with Gasteiger partial charge in [0.2, 0.25) is 0 Å².